The smallest absolute Gasteiger partial charge is 0.229 e. The first-order chi connectivity index (χ1) is 10.1. The third kappa shape index (κ3) is 4.45. The van der Waals surface area contributed by atoms with E-state index in [1.165, 1.54) is 6.42 Å². The van der Waals surface area contributed by atoms with Crippen LogP contribution in [-0.4, -0.2) is 42.6 Å². The second-order valence-corrected chi connectivity index (χ2v) is 6.08. The highest BCUT2D eigenvalue weighted by atomic mass is 35.5. The van der Waals surface area contributed by atoms with Crippen molar-refractivity contribution in [2.24, 2.45) is 5.92 Å². The van der Waals surface area contributed by atoms with Crippen LogP contribution in [0.5, 0.6) is 0 Å². The highest BCUT2D eigenvalue weighted by Gasteiger charge is 2.23. The fraction of sp³-hybridized carbons (Fsp3) is 0.733. The fourth-order valence-electron chi connectivity index (χ4n) is 2.85. The summed E-state index contributed by atoms with van der Waals surface area (Å²) in [6, 6.07) is 0. The van der Waals surface area contributed by atoms with Gasteiger partial charge >= 0.3 is 0 Å². The highest BCUT2D eigenvalue weighted by molar-refractivity contribution is 6.29. The van der Waals surface area contributed by atoms with Crippen LogP contribution < -0.4 is 5.32 Å². The molecule has 0 radical (unpaired) electrons. The van der Waals surface area contributed by atoms with E-state index >= 15 is 0 Å². The van der Waals surface area contributed by atoms with Gasteiger partial charge in [-0.3, -0.25) is 4.79 Å². The predicted octanol–water partition coefficient (Wildman–Crippen LogP) is 2.42. The van der Waals surface area contributed by atoms with Gasteiger partial charge in [-0.2, -0.15) is 0 Å². The lowest BCUT2D eigenvalue weighted by Crippen LogP contribution is -2.39. The van der Waals surface area contributed by atoms with Crippen LogP contribution in [0, 0.1) is 12.8 Å². The largest absolute Gasteiger partial charge is 0.344 e. The minimum Gasteiger partial charge on any atom is -0.344 e. The first-order valence-electron chi connectivity index (χ1n) is 7.64. The topological polar surface area (TPSA) is 58.4 Å². The van der Waals surface area contributed by atoms with Gasteiger partial charge in [-0.25, -0.2) is 0 Å². The number of carbonyl (C=O) groups is 1. The highest BCUT2D eigenvalue weighted by Crippen LogP contribution is 2.23. The van der Waals surface area contributed by atoms with Gasteiger partial charge in [0.1, 0.15) is 0 Å². The molecule has 0 unspecified atom stereocenters. The molecule has 118 valence electrons. The summed E-state index contributed by atoms with van der Waals surface area (Å²) in [5.74, 6) is 0.954. The number of aryl methyl sites for hydroxylation is 1. The van der Waals surface area contributed by atoms with Crippen LogP contribution in [0.1, 0.15) is 36.9 Å². The number of hydrogen-bond acceptors (Lipinski definition) is 4. The van der Waals surface area contributed by atoms with Crippen molar-refractivity contribution < 1.29 is 9.32 Å². The molecule has 0 saturated carbocycles. The molecule has 1 aliphatic rings. The maximum absolute atomic E-state index is 12.3. The number of aromatic nitrogens is 1. The zero-order chi connectivity index (χ0) is 15.2. The number of amides is 1. The molecule has 0 spiro atoms. The SMILES string of the molecule is CNCCC1CCN(C(=O)CCc2c(C)noc2Cl)CC1. The molecular formula is C15H24ClN3O2. The van der Waals surface area contributed by atoms with Gasteiger partial charge in [0.2, 0.25) is 11.1 Å². The van der Waals surface area contributed by atoms with Crippen molar-refractivity contribution >= 4 is 17.5 Å². The van der Waals surface area contributed by atoms with Gasteiger partial charge in [0, 0.05) is 25.1 Å². The molecule has 1 aliphatic heterocycles. The monoisotopic (exact) mass is 313 g/mol. The van der Waals surface area contributed by atoms with E-state index in [-0.39, 0.29) is 5.91 Å². The Morgan fingerprint density at radius 2 is 2.19 bits per heavy atom. The van der Waals surface area contributed by atoms with Gasteiger partial charge in [0.05, 0.1) is 5.69 Å². The Morgan fingerprint density at radius 1 is 1.48 bits per heavy atom. The molecule has 1 saturated heterocycles. The van der Waals surface area contributed by atoms with E-state index in [4.69, 9.17) is 16.1 Å². The minimum absolute atomic E-state index is 0.207. The fourth-order valence-corrected chi connectivity index (χ4v) is 3.12. The summed E-state index contributed by atoms with van der Waals surface area (Å²) in [5, 5.41) is 7.31. The number of likely N-dealkylation sites (tertiary alicyclic amines) is 1. The average Bonchev–Trinajstić information content (AvgIpc) is 2.82. The summed E-state index contributed by atoms with van der Waals surface area (Å²) in [6.45, 7) is 4.67. The zero-order valence-electron chi connectivity index (χ0n) is 12.8. The van der Waals surface area contributed by atoms with Crippen LogP contribution in [-0.2, 0) is 11.2 Å². The van der Waals surface area contributed by atoms with Gasteiger partial charge in [-0.1, -0.05) is 5.16 Å². The van der Waals surface area contributed by atoms with Crippen molar-refractivity contribution in [3.05, 3.63) is 16.5 Å². The van der Waals surface area contributed by atoms with Crippen molar-refractivity contribution in [2.45, 2.75) is 39.0 Å². The van der Waals surface area contributed by atoms with Crippen molar-refractivity contribution in [2.75, 3.05) is 26.7 Å². The van der Waals surface area contributed by atoms with Gasteiger partial charge in [0.25, 0.3) is 0 Å². The quantitative estimate of drug-likeness (QED) is 0.876. The van der Waals surface area contributed by atoms with E-state index in [0.29, 0.717) is 18.1 Å². The van der Waals surface area contributed by atoms with E-state index < -0.39 is 0 Å². The second-order valence-electron chi connectivity index (χ2n) is 5.74. The molecule has 5 nitrogen and oxygen atoms in total. The molecule has 2 heterocycles. The maximum atomic E-state index is 12.3. The summed E-state index contributed by atoms with van der Waals surface area (Å²) >= 11 is 5.92. The van der Waals surface area contributed by atoms with Crippen molar-refractivity contribution in [1.82, 2.24) is 15.4 Å². The first kappa shape index (κ1) is 16.3. The summed E-state index contributed by atoms with van der Waals surface area (Å²) in [4.78, 5) is 14.2. The van der Waals surface area contributed by atoms with Crippen molar-refractivity contribution in [3.8, 4) is 0 Å². The Balaban J connectivity index is 1.75. The predicted molar refractivity (Wildman–Crippen MR) is 82.4 cm³/mol. The molecule has 0 bridgehead atoms. The van der Waals surface area contributed by atoms with Crippen LogP contribution in [0.2, 0.25) is 5.22 Å². The molecule has 1 aromatic heterocycles. The molecule has 2 rings (SSSR count). The first-order valence-corrected chi connectivity index (χ1v) is 8.02. The zero-order valence-corrected chi connectivity index (χ0v) is 13.6. The molecule has 1 aromatic rings. The summed E-state index contributed by atoms with van der Waals surface area (Å²) in [6.07, 6.45) is 4.50. The molecule has 1 amide bonds. The number of rotatable bonds is 6. The van der Waals surface area contributed by atoms with Crippen molar-refractivity contribution in [1.29, 1.82) is 0 Å². The van der Waals surface area contributed by atoms with Gasteiger partial charge in [-0.05, 0) is 63.7 Å². The third-order valence-corrected chi connectivity index (χ3v) is 4.59. The third-order valence-electron chi connectivity index (χ3n) is 4.30. The Bertz CT molecular complexity index is 448. The van der Waals surface area contributed by atoms with E-state index in [9.17, 15) is 4.79 Å². The van der Waals surface area contributed by atoms with E-state index in [2.05, 4.69) is 10.5 Å². The van der Waals surface area contributed by atoms with Crippen LogP contribution in [0.25, 0.3) is 0 Å². The van der Waals surface area contributed by atoms with Crippen molar-refractivity contribution in [3.63, 3.8) is 0 Å². The van der Waals surface area contributed by atoms with Crippen LogP contribution in [0.15, 0.2) is 4.52 Å². The second kappa shape index (κ2) is 7.80. The Labute approximate surface area is 131 Å². The van der Waals surface area contributed by atoms with Crippen LogP contribution in [0.3, 0.4) is 0 Å². The number of piperidine rings is 1. The minimum atomic E-state index is 0.207. The molecular weight excluding hydrogens is 290 g/mol. The number of carbonyl (C=O) groups excluding carboxylic acids is 1. The molecule has 1 N–H and O–H groups in total. The average molecular weight is 314 g/mol. The summed E-state index contributed by atoms with van der Waals surface area (Å²) in [5.41, 5.74) is 1.63. The summed E-state index contributed by atoms with van der Waals surface area (Å²) in [7, 11) is 1.98. The molecule has 0 atom stereocenters. The summed E-state index contributed by atoms with van der Waals surface area (Å²) < 4.78 is 4.91. The van der Waals surface area contributed by atoms with Crippen LogP contribution >= 0.6 is 11.6 Å². The van der Waals surface area contributed by atoms with Gasteiger partial charge < -0.3 is 14.7 Å². The van der Waals surface area contributed by atoms with E-state index in [0.717, 1.165) is 49.7 Å². The Morgan fingerprint density at radius 3 is 2.76 bits per heavy atom. The number of hydrogen-bond donors (Lipinski definition) is 1. The number of nitrogens with zero attached hydrogens (tertiary/aromatic N) is 2. The lowest BCUT2D eigenvalue weighted by molar-refractivity contribution is -0.132. The number of halogens is 1. The van der Waals surface area contributed by atoms with Gasteiger partial charge in [0.15, 0.2) is 0 Å². The molecule has 21 heavy (non-hydrogen) atoms. The maximum Gasteiger partial charge on any atom is 0.229 e. The Hall–Kier alpha value is -1.07. The standard InChI is InChI=1S/C15H24ClN3O2/c1-11-13(15(16)21-18-11)3-4-14(20)19-9-6-12(7-10-19)5-8-17-2/h12,17H,3-10H2,1-2H3. The lowest BCUT2D eigenvalue weighted by atomic mass is 9.93. The van der Waals surface area contributed by atoms with E-state index in [1.54, 1.807) is 0 Å². The lowest BCUT2D eigenvalue weighted by Gasteiger charge is -2.32. The molecule has 1 fully saturated rings. The molecule has 6 heteroatoms. The Kier molecular flexibility index (Phi) is 6.06. The molecule has 0 aromatic carbocycles. The van der Waals surface area contributed by atoms with Crippen LogP contribution in [0.4, 0.5) is 0 Å². The van der Waals surface area contributed by atoms with Gasteiger partial charge in [-0.15, -0.1) is 0 Å². The van der Waals surface area contributed by atoms with E-state index in [1.807, 2.05) is 18.9 Å². The number of nitrogens with one attached hydrogen (secondary N) is 1. The normalized spacial score (nSPS) is 16.4. The molecule has 0 aliphatic carbocycles.